The Labute approximate surface area is 241 Å². The molecule has 0 spiro atoms. The van der Waals surface area contributed by atoms with Gasteiger partial charge in [0.15, 0.2) is 0 Å². The van der Waals surface area contributed by atoms with Crippen LogP contribution in [0.15, 0.2) is 0 Å². The fourth-order valence-electron chi connectivity index (χ4n) is 5.11. The fraction of sp³-hybridized carbons (Fsp3) is 0.968. The van der Waals surface area contributed by atoms with Gasteiger partial charge >= 0.3 is 0 Å². The molecule has 0 aliphatic carbocycles. The molecule has 0 aromatic carbocycles. The topological polar surface area (TPSA) is 124 Å². The predicted octanol–water partition coefficient (Wildman–Crippen LogP) is 7.48. The zero-order valence-electron chi connectivity index (χ0n) is 25.4. The second-order valence-corrected chi connectivity index (χ2v) is 13.1. The Kier molecular flexibility index (Phi) is 25.7. The van der Waals surface area contributed by atoms with Gasteiger partial charge in [-0.2, -0.15) is 8.42 Å². The van der Waals surface area contributed by atoms with E-state index in [0.717, 1.165) is 38.5 Å². The molecule has 3 atom stereocenters. The van der Waals surface area contributed by atoms with Crippen molar-refractivity contribution in [2.24, 2.45) is 0 Å². The smallest absolute Gasteiger partial charge is 0.266 e. The van der Waals surface area contributed by atoms with Crippen LogP contribution in [0.5, 0.6) is 0 Å². The van der Waals surface area contributed by atoms with Gasteiger partial charge < -0.3 is 15.5 Å². The molecule has 0 bridgehead atoms. The lowest BCUT2D eigenvalue weighted by atomic mass is 10.0. The summed E-state index contributed by atoms with van der Waals surface area (Å²) < 4.78 is 32.2. The summed E-state index contributed by atoms with van der Waals surface area (Å²) in [5.74, 6) is -1.45. The summed E-state index contributed by atoms with van der Waals surface area (Å²) in [6, 6.07) is -1.14. The second kappa shape index (κ2) is 26.2. The number of aliphatic hydroxyl groups is 2. The molecule has 7 nitrogen and oxygen atoms in total. The summed E-state index contributed by atoms with van der Waals surface area (Å²) in [7, 11) is -4.39. The Morgan fingerprint density at radius 1 is 0.590 bits per heavy atom. The monoisotopic (exact) mass is 577 g/mol. The van der Waals surface area contributed by atoms with Crippen molar-refractivity contribution in [3.63, 3.8) is 0 Å². The largest absolute Gasteiger partial charge is 0.391 e. The summed E-state index contributed by atoms with van der Waals surface area (Å²) in [6.07, 6.45) is 24.2. The number of rotatable bonds is 29. The molecule has 0 aliphatic heterocycles. The Morgan fingerprint density at radius 2 is 0.923 bits per heavy atom. The van der Waals surface area contributed by atoms with Crippen LogP contribution in [0.2, 0.25) is 0 Å². The van der Waals surface area contributed by atoms with Gasteiger partial charge in [-0.3, -0.25) is 9.35 Å². The molecule has 4 N–H and O–H groups in total. The fourth-order valence-corrected chi connectivity index (χ4v) is 5.87. The molecule has 0 rings (SSSR count). The van der Waals surface area contributed by atoms with Gasteiger partial charge in [0.2, 0.25) is 5.91 Å². The van der Waals surface area contributed by atoms with Crippen molar-refractivity contribution in [1.82, 2.24) is 5.32 Å². The minimum atomic E-state index is -4.39. The van der Waals surface area contributed by atoms with Crippen LogP contribution in [0.1, 0.15) is 168 Å². The van der Waals surface area contributed by atoms with E-state index in [2.05, 4.69) is 19.2 Å². The highest BCUT2D eigenvalue weighted by Gasteiger charge is 2.28. The molecule has 8 heteroatoms. The van der Waals surface area contributed by atoms with E-state index in [0.29, 0.717) is 19.3 Å². The first-order chi connectivity index (χ1) is 18.7. The molecule has 3 unspecified atom stereocenters. The van der Waals surface area contributed by atoms with Crippen molar-refractivity contribution in [1.29, 1.82) is 0 Å². The zero-order chi connectivity index (χ0) is 29.2. The second-order valence-electron chi connectivity index (χ2n) is 11.6. The molecular formula is C31H63NO6S. The van der Waals surface area contributed by atoms with Crippen molar-refractivity contribution in [2.75, 3.05) is 5.75 Å². The van der Waals surface area contributed by atoms with Crippen LogP contribution in [-0.4, -0.2) is 53.1 Å². The first kappa shape index (κ1) is 38.3. The molecule has 0 saturated carbocycles. The van der Waals surface area contributed by atoms with Crippen molar-refractivity contribution in [3.05, 3.63) is 0 Å². The van der Waals surface area contributed by atoms with Gasteiger partial charge in [0.05, 0.1) is 17.9 Å². The zero-order valence-corrected chi connectivity index (χ0v) is 26.2. The summed E-state index contributed by atoms with van der Waals surface area (Å²) in [4.78, 5) is 12.5. The first-order valence-corrected chi connectivity index (χ1v) is 17.9. The van der Waals surface area contributed by atoms with Crippen molar-refractivity contribution in [3.8, 4) is 0 Å². The summed E-state index contributed by atoms with van der Waals surface area (Å²) >= 11 is 0. The number of aliphatic hydroxyl groups excluding tert-OH is 2. The lowest BCUT2D eigenvalue weighted by molar-refractivity contribution is -0.131. The predicted molar refractivity (Wildman–Crippen MR) is 163 cm³/mol. The Bertz CT molecular complexity index is 657. The van der Waals surface area contributed by atoms with Gasteiger partial charge in [0, 0.05) is 0 Å². The number of amides is 1. The van der Waals surface area contributed by atoms with Gasteiger partial charge in [-0.1, -0.05) is 155 Å². The Hall–Kier alpha value is -0.700. The van der Waals surface area contributed by atoms with Gasteiger partial charge in [-0.25, -0.2) is 0 Å². The number of carbonyl (C=O) groups is 1. The molecule has 1 amide bonds. The van der Waals surface area contributed by atoms with Crippen LogP contribution >= 0.6 is 0 Å². The van der Waals surface area contributed by atoms with E-state index in [1.807, 2.05) is 0 Å². The summed E-state index contributed by atoms with van der Waals surface area (Å²) in [5.41, 5.74) is 0. The third-order valence-corrected chi connectivity index (χ3v) is 8.45. The van der Waals surface area contributed by atoms with Gasteiger partial charge in [0.25, 0.3) is 10.1 Å². The van der Waals surface area contributed by atoms with Crippen molar-refractivity contribution >= 4 is 16.0 Å². The molecule has 0 aromatic rings. The van der Waals surface area contributed by atoms with E-state index in [4.69, 9.17) is 0 Å². The highest BCUT2D eigenvalue weighted by molar-refractivity contribution is 7.85. The van der Waals surface area contributed by atoms with Crippen LogP contribution in [-0.2, 0) is 14.9 Å². The maximum absolute atomic E-state index is 12.5. The molecule has 0 fully saturated rings. The molecular weight excluding hydrogens is 514 g/mol. The van der Waals surface area contributed by atoms with E-state index >= 15 is 0 Å². The van der Waals surface area contributed by atoms with Crippen LogP contribution in [0, 0.1) is 0 Å². The van der Waals surface area contributed by atoms with E-state index < -0.39 is 40.0 Å². The lowest BCUT2D eigenvalue weighted by Gasteiger charge is -2.24. The maximum Gasteiger partial charge on any atom is 0.266 e. The Morgan fingerprint density at radius 3 is 1.28 bits per heavy atom. The van der Waals surface area contributed by atoms with Gasteiger partial charge in [-0.05, 0) is 12.8 Å². The van der Waals surface area contributed by atoms with Crippen LogP contribution in [0.3, 0.4) is 0 Å². The third kappa shape index (κ3) is 26.0. The summed E-state index contributed by atoms with van der Waals surface area (Å²) in [5, 5.41) is 23.2. The molecule has 0 aliphatic rings. The third-order valence-electron chi connectivity index (χ3n) is 7.67. The molecule has 0 saturated heterocycles. The first-order valence-electron chi connectivity index (χ1n) is 16.3. The van der Waals surface area contributed by atoms with E-state index in [-0.39, 0.29) is 0 Å². The maximum atomic E-state index is 12.5. The highest BCUT2D eigenvalue weighted by Crippen LogP contribution is 2.15. The minimum absolute atomic E-state index is 0.302. The van der Waals surface area contributed by atoms with Gasteiger partial charge in [0.1, 0.15) is 6.10 Å². The number of unbranched alkanes of at least 4 members (excludes halogenated alkanes) is 20. The van der Waals surface area contributed by atoms with E-state index in [1.165, 1.54) is 96.3 Å². The molecule has 234 valence electrons. The van der Waals surface area contributed by atoms with Crippen molar-refractivity contribution in [2.45, 2.75) is 186 Å². The van der Waals surface area contributed by atoms with E-state index in [9.17, 15) is 28.0 Å². The van der Waals surface area contributed by atoms with Gasteiger partial charge in [-0.15, -0.1) is 0 Å². The van der Waals surface area contributed by atoms with Crippen LogP contribution < -0.4 is 5.32 Å². The average Bonchev–Trinajstić information content (AvgIpc) is 2.88. The highest BCUT2D eigenvalue weighted by atomic mass is 32.2. The standard InChI is InChI=1S/C31H63NO6S/c1-3-5-7-9-11-13-14-15-16-17-18-20-22-24-26-30(34)31(35)32-28(27-39(36,37)38)29(33)25-23-21-19-12-10-8-6-4-2/h28-30,33-34H,3-27H2,1-2H3,(H,32,35)(H,36,37,38). The van der Waals surface area contributed by atoms with Crippen LogP contribution in [0.25, 0.3) is 0 Å². The Balaban J connectivity index is 4.06. The molecule has 0 aromatic heterocycles. The molecule has 0 heterocycles. The number of hydrogen-bond acceptors (Lipinski definition) is 5. The minimum Gasteiger partial charge on any atom is -0.391 e. The number of carbonyl (C=O) groups excluding carboxylic acids is 1. The summed E-state index contributed by atoms with van der Waals surface area (Å²) in [6.45, 7) is 4.43. The van der Waals surface area contributed by atoms with Crippen LogP contribution in [0.4, 0.5) is 0 Å². The SMILES string of the molecule is CCCCCCCCCCCCCCCCC(O)C(=O)NC(CS(=O)(=O)O)C(O)CCCCCCCCCC. The lowest BCUT2D eigenvalue weighted by Crippen LogP contribution is -2.50. The quantitative estimate of drug-likeness (QED) is 0.0539. The van der Waals surface area contributed by atoms with E-state index in [1.54, 1.807) is 0 Å². The number of hydrogen-bond donors (Lipinski definition) is 4. The normalized spacial score (nSPS) is 14.3. The average molecular weight is 578 g/mol. The van der Waals surface area contributed by atoms with Crippen molar-refractivity contribution < 1.29 is 28.0 Å². The molecule has 0 radical (unpaired) electrons. The number of nitrogens with one attached hydrogen (secondary N) is 1. The molecule has 39 heavy (non-hydrogen) atoms.